The van der Waals surface area contributed by atoms with Gasteiger partial charge < -0.3 is 4.98 Å². The highest BCUT2D eigenvalue weighted by molar-refractivity contribution is 6.07. The van der Waals surface area contributed by atoms with Crippen LogP contribution in [0.1, 0.15) is 62.2 Å². The maximum Gasteiger partial charge on any atom is 0.271 e. The van der Waals surface area contributed by atoms with Crippen molar-refractivity contribution >= 4 is 22.7 Å². The van der Waals surface area contributed by atoms with Gasteiger partial charge in [0, 0.05) is 17.5 Å². The summed E-state index contributed by atoms with van der Waals surface area (Å²) < 4.78 is 0. The molecule has 134 valence electrons. The maximum absolute atomic E-state index is 12.6. The van der Waals surface area contributed by atoms with Crippen molar-refractivity contribution in [3.05, 3.63) is 35.0 Å². The summed E-state index contributed by atoms with van der Waals surface area (Å²) in [6.07, 6.45) is 3.59. The van der Waals surface area contributed by atoms with Gasteiger partial charge in [-0.25, -0.2) is 0 Å². The molecule has 1 aliphatic carbocycles. The number of aromatic nitrogens is 1. The lowest BCUT2D eigenvalue weighted by molar-refractivity contribution is -0.123. The van der Waals surface area contributed by atoms with E-state index in [1.165, 1.54) is 17.7 Å². The Hall–Kier alpha value is -2.30. The minimum absolute atomic E-state index is 0.121. The van der Waals surface area contributed by atoms with Gasteiger partial charge in [0.15, 0.2) is 0 Å². The zero-order chi connectivity index (χ0) is 18.2. The van der Waals surface area contributed by atoms with Gasteiger partial charge in [0.1, 0.15) is 0 Å². The molecule has 0 aliphatic heterocycles. The number of nitrogens with one attached hydrogen (secondary N) is 3. The molecule has 1 aliphatic rings. The van der Waals surface area contributed by atoms with Crippen LogP contribution < -0.4 is 10.9 Å². The number of carbonyl (C=O) groups is 2. The minimum atomic E-state index is -0.292. The standard InChI is InChI=1S/C20H27N3O2/c1-12-8-9-16-15(10-12)13-6-5-7-14(18(13)21-16)19(25)23-22-17(24)11-20(2,3)4/h5-7,12,21H,8-11H2,1-4H3,(H,22,24)(H,23,25). The lowest BCUT2D eigenvalue weighted by Gasteiger charge is -2.18. The number of benzene rings is 1. The fourth-order valence-electron chi connectivity index (χ4n) is 3.52. The van der Waals surface area contributed by atoms with E-state index in [1.807, 2.05) is 26.8 Å². The van der Waals surface area contributed by atoms with Crippen molar-refractivity contribution in [3.63, 3.8) is 0 Å². The molecule has 1 atom stereocenters. The van der Waals surface area contributed by atoms with Crippen LogP contribution in [0.4, 0.5) is 0 Å². The number of aromatic amines is 1. The third kappa shape index (κ3) is 3.86. The van der Waals surface area contributed by atoms with Crippen LogP contribution in [-0.4, -0.2) is 16.8 Å². The van der Waals surface area contributed by atoms with Crippen LogP contribution in [0.5, 0.6) is 0 Å². The third-order valence-corrected chi connectivity index (χ3v) is 4.72. The largest absolute Gasteiger partial charge is 0.358 e. The summed E-state index contributed by atoms with van der Waals surface area (Å²) in [6.45, 7) is 8.22. The molecule has 3 N–H and O–H groups in total. The number of hydrogen-bond donors (Lipinski definition) is 3. The Bertz CT molecular complexity index is 814. The third-order valence-electron chi connectivity index (χ3n) is 4.72. The summed E-state index contributed by atoms with van der Waals surface area (Å²) in [5.41, 5.74) is 8.95. The maximum atomic E-state index is 12.6. The van der Waals surface area contributed by atoms with E-state index in [9.17, 15) is 9.59 Å². The van der Waals surface area contributed by atoms with E-state index in [1.54, 1.807) is 6.07 Å². The lowest BCUT2D eigenvalue weighted by atomic mass is 9.87. The number of H-pyrrole nitrogens is 1. The van der Waals surface area contributed by atoms with E-state index in [4.69, 9.17) is 0 Å². The van der Waals surface area contributed by atoms with Crippen LogP contribution in [0.2, 0.25) is 0 Å². The molecule has 5 nitrogen and oxygen atoms in total. The van der Waals surface area contributed by atoms with Gasteiger partial charge in [-0.15, -0.1) is 0 Å². The summed E-state index contributed by atoms with van der Waals surface area (Å²) in [5, 5.41) is 1.12. The fourth-order valence-corrected chi connectivity index (χ4v) is 3.52. The highest BCUT2D eigenvalue weighted by atomic mass is 16.2. The van der Waals surface area contributed by atoms with Crippen molar-refractivity contribution in [1.82, 2.24) is 15.8 Å². The molecule has 0 saturated carbocycles. The van der Waals surface area contributed by atoms with E-state index < -0.39 is 0 Å². The second-order valence-corrected chi connectivity index (χ2v) is 8.40. The van der Waals surface area contributed by atoms with E-state index in [0.29, 0.717) is 17.9 Å². The lowest BCUT2D eigenvalue weighted by Crippen LogP contribution is -2.42. The Morgan fingerprint density at radius 1 is 1.24 bits per heavy atom. The normalized spacial score (nSPS) is 17.2. The van der Waals surface area contributed by atoms with Gasteiger partial charge in [0.25, 0.3) is 5.91 Å². The van der Waals surface area contributed by atoms with Gasteiger partial charge in [-0.2, -0.15) is 0 Å². The van der Waals surface area contributed by atoms with E-state index >= 15 is 0 Å². The van der Waals surface area contributed by atoms with Crippen LogP contribution in [0.3, 0.4) is 0 Å². The topological polar surface area (TPSA) is 74.0 Å². The molecule has 1 aromatic carbocycles. The number of para-hydroxylation sites is 1. The van der Waals surface area contributed by atoms with E-state index in [-0.39, 0.29) is 17.2 Å². The summed E-state index contributed by atoms with van der Waals surface area (Å²) >= 11 is 0. The summed E-state index contributed by atoms with van der Waals surface area (Å²) in [4.78, 5) is 27.9. The van der Waals surface area contributed by atoms with Crippen molar-refractivity contribution in [2.45, 2.75) is 53.4 Å². The molecular weight excluding hydrogens is 314 g/mol. The van der Waals surface area contributed by atoms with Crippen LogP contribution in [0.15, 0.2) is 18.2 Å². The predicted molar refractivity (Wildman–Crippen MR) is 99.2 cm³/mol. The second kappa shape index (κ2) is 6.54. The second-order valence-electron chi connectivity index (χ2n) is 8.40. The smallest absolute Gasteiger partial charge is 0.271 e. The Morgan fingerprint density at radius 2 is 2.00 bits per heavy atom. The van der Waals surface area contributed by atoms with Crippen molar-refractivity contribution in [2.24, 2.45) is 11.3 Å². The summed E-state index contributed by atoms with van der Waals surface area (Å²) in [5.74, 6) is 0.188. The molecule has 5 heteroatoms. The predicted octanol–water partition coefficient (Wildman–Crippen LogP) is 3.49. The van der Waals surface area contributed by atoms with Gasteiger partial charge in [-0.05, 0) is 42.2 Å². The molecule has 1 unspecified atom stereocenters. The molecule has 0 saturated heterocycles. The van der Waals surface area contributed by atoms with Gasteiger partial charge in [0.2, 0.25) is 5.91 Å². The first-order valence-corrected chi connectivity index (χ1v) is 8.96. The highest BCUT2D eigenvalue weighted by Crippen LogP contribution is 2.32. The molecule has 0 bridgehead atoms. The van der Waals surface area contributed by atoms with Crippen LogP contribution in [0, 0.1) is 11.3 Å². The Balaban J connectivity index is 1.79. The molecule has 1 aromatic heterocycles. The molecule has 0 fully saturated rings. The van der Waals surface area contributed by atoms with Crippen molar-refractivity contribution in [1.29, 1.82) is 0 Å². The van der Waals surface area contributed by atoms with Crippen LogP contribution >= 0.6 is 0 Å². The zero-order valence-corrected chi connectivity index (χ0v) is 15.5. The molecule has 3 rings (SSSR count). The number of fused-ring (bicyclic) bond motifs is 3. The molecule has 25 heavy (non-hydrogen) atoms. The highest BCUT2D eigenvalue weighted by Gasteiger charge is 2.22. The van der Waals surface area contributed by atoms with Gasteiger partial charge in [-0.1, -0.05) is 39.8 Å². The fraction of sp³-hybridized carbons (Fsp3) is 0.500. The minimum Gasteiger partial charge on any atom is -0.358 e. The molecular formula is C20H27N3O2. The molecule has 2 amide bonds. The number of hydrazine groups is 1. The summed E-state index contributed by atoms with van der Waals surface area (Å²) in [7, 11) is 0. The first kappa shape index (κ1) is 17.5. The molecule has 1 heterocycles. The van der Waals surface area contributed by atoms with E-state index in [0.717, 1.165) is 23.7 Å². The van der Waals surface area contributed by atoms with E-state index in [2.05, 4.69) is 28.8 Å². The first-order valence-electron chi connectivity index (χ1n) is 8.96. The first-order chi connectivity index (χ1) is 11.7. The monoisotopic (exact) mass is 341 g/mol. The van der Waals surface area contributed by atoms with Crippen LogP contribution in [0.25, 0.3) is 10.9 Å². The van der Waals surface area contributed by atoms with Gasteiger partial charge in [-0.3, -0.25) is 20.4 Å². The van der Waals surface area contributed by atoms with Crippen molar-refractivity contribution in [2.75, 3.05) is 0 Å². The quantitative estimate of drug-likeness (QED) is 0.732. The van der Waals surface area contributed by atoms with Crippen molar-refractivity contribution < 1.29 is 9.59 Å². The van der Waals surface area contributed by atoms with Crippen LogP contribution in [-0.2, 0) is 17.6 Å². The molecule has 0 spiro atoms. The number of carbonyl (C=O) groups excluding carboxylic acids is 2. The van der Waals surface area contributed by atoms with Gasteiger partial charge in [0.05, 0.1) is 11.1 Å². The number of rotatable bonds is 2. The average Bonchev–Trinajstić information content (AvgIpc) is 2.89. The number of amides is 2. The number of hydrogen-bond acceptors (Lipinski definition) is 2. The Kier molecular flexibility index (Phi) is 4.58. The summed E-state index contributed by atoms with van der Waals surface area (Å²) in [6, 6.07) is 5.76. The Labute approximate surface area is 148 Å². The molecule has 0 radical (unpaired) electrons. The Morgan fingerprint density at radius 3 is 2.72 bits per heavy atom. The average molecular weight is 341 g/mol. The SMILES string of the molecule is CC1CCc2[nH]c3c(C(=O)NNC(=O)CC(C)(C)C)cccc3c2C1. The van der Waals surface area contributed by atoms with Gasteiger partial charge >= 0.3 is 0 Å². The molecule has 2 aromatic rings. The van der Waals surface area contributed by atoms with Crippen molar-refractivity contribution in [3.8, 4) is 0 Å². The zero-order valence-electron chi connectivity index (χ0n) is 15.5. The number of aryl methyl sites for hydroxylation is 1.